The highest BCUT2D eigenvalue weighted by atomic mass is 32.1. The summed E-state index contributed by atoms with van der Waals surface area (Å²) in [5, 5.41) is 2.79. The van der Waals surface area contributed by atoms with Crippen molar-refractivity contribution in [3.8, 4) is 0 Å². The van der Waals surface area contributed by atoms with E-state index >= 15 is 0 Å². The summed E-state index contributed by atoms with van der Waals surface area (Å²) in [5.74, 6) is -1.40. The number of ether oxygens (including phenoxy) is 1. The lowest BCUT2D eigenvalue weighted by atomic mass is 9.73. The molecule has 0 aromatic carbocycles. The molecule has 1 aliphatic carbocycles. The third-order valence-electron chi connectivity index (χ3n) is 5.44. The standard InChI is InChI=1S/C19H24N2O5S/c1-3-13-7-8-15(27-13)14(22)11-26-16(23)10-21-17(24)19(20-18(21)25)9-5-4-6-12(19)2/h7-8,12H,3-6,9-11H2,1-2H3,(H,20,25)/t12-,19-/m1/s1. The molecule has 2 aliphatic rings. The van der Waals surface area contributed by atoms with E-state index in [2.05, 4.69) is 5.32 Å². The van der Waals surface area contributed by atoms with Gasteiger partial charge in [-0.1, -0.05) is 26.7 Å². The minimum atomic E-state index is -0.904. The monoisotopic (exact) mass is 392 g/mol. The van der Waals surface area contributed by atoms with Gasteiger partial charge in [0.05, 0.1) is 4.88 Å². The summed E-state index contributed by atoms with van der Waals surface area (Å²) >= 11 is 1.37. The molecule has 1 aromatic rings. The van der Waals surface area contributed by atoms with Crippen LogP contribution in [0.3, 0.4) is 0 Å². The molecular weight excluding hydrogens is 368 g/mol. The van der Waals surface area contributed by atoms with E-state index in [9.17, 15) is 19.2 Å². The normalized spacial score (nSPS) is 25.0. The number of hydrogen-bond acceptors (Lipinski definition) is 6. The van der Waals surface area contributed by atoms with Crippen molar-refractivity contribution in [1.29, 1.82) is 0 Å². The van der Waals surface area contributed by atoms with Crippen LogP contribution in [-0.2, 0) is 20.7 Å². The molecule has 8 heteroatoms. The number of rotatable bonds is 6. The minimum Gasteiger partial charge on any atom is -0.456 e. The zero-order chi connectivity index (χ0) is 19.6. The van der Waals surface area contributed by atoms with E-state index < -0.39 is 30.7 Å². The second-order valence-electron chi connectivity index (χ2n) is 7.14. The van der Waals surface area contributed by atoms with Crippen LogP contribution in [0, 0.1) is 5.92 Å². The maximum absolute atomic E-state index is 12.8. The first-order valence-corrected chi connectivity index (χ1v) is 10.1. The van der Waals surface area contributed by atoms with Crippen molar-refractivity contribution in [2.75, 3.05) is 13.2 Å². The van der Waals surface area contributed by atoms with Gasteiger partial charge in [0.25, 0.3) is 5.91 Å². The van der Waals surface area contributed by atoms with Gasteiger partial charge in [0.1, 0.15) is 12.1 Å². The summed E-state index contributed by atoms with van der Waals surface area (Å²) in [7, 11) is 0. The first kappa shape index (κ1) is 19.5. The smallest absolute Gasteiger partial charge is 0.326 e. The van der Waals surface area contributed by atoms with E-state index in [1.54, 1.807) is 6.07 Å². The van der Waals surface area contributed by atoms with Crippen LogP contribution in [0.4, 0.5) is 4.79 Å². The summed E-state index contributed by atoms with van der Waals surface area (Å²) in [6, 6.07) is 3.02. The van der Waals surface area contributed by atoms with Crippen LogP contribution in [-0.4, -0.2) is 47.3 Å². The zero-order valence-electron chi connectivity index (χ0n) is 15.6. The highest BCUT2D eigenvalue weighted by molar-refractivity contribution is 7.14. The fourth-order valence-electron chi connectivity index (χ4n) is 3.75. The number of carbonyl (C=O) groups is 4. The molecule has 0 radical (unpaired) electrons. The second kappa shape index (κ2) is 7.80. The number of imide groups is 1. The van der Waals surface area contributed by atoms with Crippen molar-refractivity contribution in [3.63, 3.8) is 0 Å². The molecule has 1 N–H and O–H groups in total. The van der Waals surface area contributed by atoms with Gasteiger partial charge >= 0.3 is 12.0 Å². The number of aryl methyl sites for hydroxylation is 1. The maximum atomic E-state index is 12.8. The molecule has 1 saturated carbocycles. The van der Waals surface area contributed by atoms with Crippen molar-refractivity contribution in [1.82, 2.24) is 10.2 Å². The first-order valence-electron chi connectivity index (χ1n) is 9.29. The summed E-state index contributed by atoms with van der Waals surface area (Å²) < 4.78 is 5.01. The van der Waals surface area contributed by atoms with Crippen molar-refractivity contribution in [2.45, 2.75) is 51.5 Å². The SMILES string of the molecule is CCc1ccc(C(=O)COC(=O)CN2C(=O)N[C@@]3(CCCC[C@H]3C)C2=O)s1. The number of hydrogen-bond donors (Lipinski definition) is 1. The van der Waals surface area contributed by atoms with Gasteiger partial charge in [-0.2, -0.15) is 0 Å². The number of carbonyl (C=O) groups excluding carboxylic acids is 4. The Labute approximate surface area is 162 Å². The molecule has 1 spiro atoms. The molecule has 0 bridgehead atoms. The zero-order valence-corrected chi connectivity index (χ0v) is 16.4. The molecule has 7 nitrogen and oxygen atoms in total. The van der Waals surface area contributed by atoms with Gasteiger partial charge in [-0.05, 0) is 37.3 Å². The lowest BCUT2D eigenvalue weighted by Crippen LogP contribution is -2.54. The quantitative estimate of drug-likeness (QED) is 0.456. The molecule has 3 amide bonds. The lowest BCUT2D eigenvalue weighted by Gasteiger charge is -2.36. The molecule has 0 unspecified atom stereocenters. The number of amides is 3. The molecule has 1 saturated heterocycles. The molecule has 2 fully saturated rings. The molecular formula is C19H24N2O5S. The Morgan fingerprint density at radius 3 is 2.78 bits per heavy atom. The number of thiophene rings is 1. The van der Waals surface area contributed by atoms with Crippen molar-refractivity contribution < 1.29 is 23.9 Å². The van der Waals surface area contributed by atoms with Crippen LogP contribution in [0.5, 0.6) is 0 Å². The number of nitrogens with one attached hydrogen (secondary N) is 1. The van der Waals surface area contributed by atoms with Crippen LogP contribution in [0.15, 0.2) is 12.1 Å². The molecule has 2 atom stereocenters. The van der Waals surface area contributed by atoms with Gasteiger partial charge in [-0.25, -0.2) is 4.79 Å². The molecule has 27 heavy (non-hydrogen) atoms. The average molecular weight is 392 g/mol. The Morgan fingerprint density at radius 1 is 1.33 bits per heavy atom. The van der Waals surface area contributed by atoms with Crippen LogP contribution >= 0.6 is 11.3 Å². The summed E-state index contributed by atoms with van der Waals surface area (Å²) in [5.41, 5.74) is -0.904. The maximum Gasteiger partial charge on any atom is 0.326 e. The fourth-order valence-corrected chi connectivity index (χ4v) is 4.62. The highest BCUT2D eigenvalue weighted by Gasteiger charge is 2.55. The second-order valence-corrected chi connectivity index (χ2v) is 8.31. The van der Waals surface area contributed by atoms with Gasteiger partial charge in [-0.15, -0.1) is 11.3 Å². The van der Waals surface area contributed by atoms with E-state index in [1.807, 2.05) is 19.9 Å². The topological polar surface area (TPSA) is 92.8 Å². The molecule has 1 aliphatic heterocycles. The van der Waals surface area contributed by atoms with E-state index in [1.165, 1.54) is 11.3 Å². The minimum absolute atomic E-state index is 0.0249. The lowest BCUT2D eigenvalue weighted by molar-refractivity contribution is -0.147. The van der Waals surface area contributed by atoms with E-state index in [4.69, 9.17) is 4.74 Å². The van der Waals surface area contributed by atoms with E-state index in [0.29, 0.717) is 11.3 Å². The molecule has 146 valence electrons. The Kier molecular flexibility index (Phi) is 5.64. The molecule has 3 rings (SSSR count). The summed E-state index contributed by atoms with van der Waals surface area (Å²) in [6.45, 7) is 3.08. The fraction of sp³-hybridized carbons (Fsp3) is 0.579. The third kappa shape index (κ3) is 3.76. The summed E-state index contributed by atoms with van der Waals surface area (Å²) in [4.78, 5) is 51.8. The van der Waals surface area contributed by atoms with Crippen LogP contribution < -0.4 is 5.32 Å². The highest BCUT2D eigenvalue weighted by Crippen LogP contribution is 2.38. The number of ketones is 1. The average Bonchev–Trinajstić information content (AvgIpc) is 3.22. The molecule has 1 aromatic heterocycles. The Morgan fingerprint density at radius 2 is 2.11 bits per heavy atom. The Balaban J connectivity index is 1.56. The number of esters is 1. The number of nitrogens with zero attached hydrogens (tertiary/aromatic N) is 1. The van der Waals surface area contributed by atoms with Gasteiger partial charge in [0.2, 0.25) is 5.78 Å². The van der Waals surface area contributed by atoms with E-state index in [0.717, 1.165) is 35.5 Å². The van der Waals surface area contributed by atoms with Crippen molar-refractivity contribution in [2.24, 2.45) is 5.92 Å². The van der Waals surface area contributed by atoms with Gasteiger partial charge in [0, 0.05) is 4.88 Å². The predicted octanol–water partition coefficient (Wildman–Crippen LogP) is 2.54. The Bertz CT molecular complexity index is 774. The van der Waals surface area contributed by atoms with E-state index in [-0.39, 0.29) is 17.6 Å². The van der Waals surface area contributed by atoms with Crippen LogP contribution in [0.25, 0.3) is 0 Å². The third-order valence-corrected chi connectivity index (χ3v) is 6.71. The molecule has 2 heterocycles. The first-order chi connectivity index (χ1) is 12.9. The van der Waals surface area contributed by atoms with Crippen LogP contribution in [0.2, 0.25) is 0 Å². The predicted molar refractivity (Wildman–Crippen MR) is 99.6 cm³/mol. The van der Waals surface area contributed by atoms with Crippen molar-refractivity contribution in [3.05, 3.63) is 21.9 Å². The number of urea groups is 1. The van der Waals surface area contributed by atoms with Crippen LogP contribution in [0.1, 0.15) is 54.1 Å². The largest absolute Gasteiger partial charge is 0.456 e. The number of Topliss-reactive ketones (excluding diaryl/α,β-unsaturated/α-hetero) is 1. The summed E-state index contributed by atoms with van der Waals surface area (Å²) in [6.07, 6.45) is 4.17. The van der Waals surface area contributed by atoms with Gasteiger partial charge in [-0.3, -0.25) is 19.3 Å². The van der Waals surface area contributed by atoms with Gasteiger partial charge in [0.15, 0.2) is 6.61 Å². The van der Waals surface area contributed by atoms with Crippen molar-refractivity contribution >= 4 is 35.0 Å². The Hall–Kier alpha value is -2.22. The van der Waals surface area contributed by atoms with Gasteiger partial charge < -0.3 is 10.1 Å².